The normalized spacial score (nSPS) is 15.8. The standard InChI is InChI=1S/C23H32N4O3S/c1-2-30-17-22-25-21-16-24-20-13-7-6-12-19(20)23(21)27(22)14-8-9-15-31(28,29)26-18-10-4-3-5-11-18/h6-7,12-13,16,18,26H,2-5,8-11,14-15,17H2,1H3. The number of para-hydroxylation sites is 1. The van der Waals surface area contributed by atoms with Gasteiger partial charge in [0.15, 0.2) is 0 Å². The number of aryl methyl sites for hydroxylation is 1. The third-order valence-electron chi connectivity index (χ3n) is 5.99. The fraction of sp³-hybridized carbons (Fsp3) is 0.565. The van der Waals surface area contributed by atoms with Gasteiger partial charge in [0.25, 0.3) is 0 Å². The van der Waals surface area contributed by atoms with E-state index in [2.05, 4.69) is 20.3 Å². The number of nitrogens with zero attached hydrogens (tertiary/aromatic N) is 3. The van der Waals surface area contributed by atoms with Crippen LogP contribution in [0, 0.1) is 0 Å². The molecular formula is C23H32N4O3S. The van der Waals surface area contributed by atoms with Crippen LogP contribution in [0.5, 0.6) is 0 Å². The molecule has 3 aromatic rings. The lowest BCUT2D eigenvalue weighted by atomic mass is 9.96. The number of ether oxygens (including phenoxy) is 1. The zero-order valence-electron chi connectivity index (χ0n) is 18.2. The fourth-order valence-corrected chi connectivity index (χ4v) is 5.90. The van der Waals surface area contributed by atoms with Crippen LogP contribution in [0.1, 0.15) is 57.7 Å². The maximum atomic E-state index is 12.5. The Bertz CT molecular complexity index is 1120. The maximum Gasteiger partial charge on any atom is 0.211 e. The summed E-state index contributed by atoms with van der Waals surface area (Å²) in [5, 5.41) is 1.06. The summed E-state index contributed by atoms with van der Waals surface area (Å²) in [6, 6.07) is 8.16. The largest absolute Gasteiger partial charge is 0.374 e. The van der Waals surface area contributed by atoms with Crippen LogP contribution in [0.3, 0.4) is 0 Å². The van der Waals surface area contributed by atoms with Crippen molar-refractivity contribution in [3.05, 3.63) is 36.3 Å². The molecule has 0 unspecified atom stereocenters. The number of rotatable bonds is 10. The van der Waals surface area contributed by atoms with E-state index in [-0.39, 0.29) is 11.8 Å². The number of hydrogen-bond donors (Lipinski definition) is 1. The number of aromatic nitrogens is 3. The van der Waals surface area contributed by atoms with Crippen molar-refractivity contribution in [2.24, 2.45) is 0 Å². The van der Waals surface area contributed by atoms with Gasteiger partial charge in [-0.3, -0.25) is 4.98 Å². The smallest absolute Gasteiger partial charge is 0.211 e. The van der Waals surface area contributed by atoms with E-state index in [1.165, 1.54) is 6.42 Å². The second kappa shape index (κ2) is 10.1. The Morgan fingerprint density at radius 3 is 2.74 bits per heavy atom. The predicted octanol–water partition coefficient (Wildman–Crippen LogP) is 4.15. The molecule has 0 aliphatic heterocycles. The van der Waals surface area contributed by atoms with Gasteiger partial charge in [-0.15, -0.1) is 0 Å². The summed E-state index contributed by atoms with van der Waals surface area (Å²) in [6.07, 6.45) is 8.54. The molecule has 1 aliphatic carbocycles. The van der Waals surface area contributed by atoms with Crippen LogP contribution in [0.2, 0.25) is 0 Å². The Morgan fingerprint density at radius 2 is 1.94 bits per heavy atom. The number of nitrogens with one attached hydrogen (secondary N) is 1. The van der Waals surface area contributed by atoms with Gasteiger partial charge in [-0.05, 0) is 38.7 Å². The Labute approximate surface area is 184 Å². The molecule has 2 heterocycles. The van der Waals surface area contributed by atoms with Gasteiger partial charge in [0, 0.05) is 24.6 Å². The first-order valence-corrected chi connectivity index (χ1v) is 13.0. The molecule has 7 nitrogen and oxygen atoms in total. The van der Waals surface area contributed by atoms with Crippen LogP contribution >= 0.6 is 0 Å². The molecule has 0 spiro atoms. The first-order chi connectivity index (χ1) is 15.1. The van der Waals surface area contributed by atoms with Crippen molar-refractivity contribution in [3.63, 3.8) is 0 Å². The number of fused-ring (bicyclic) bond motifs is 3. The van der Waals surface area contributed by atoms with Crippen molar-refractivity contribution in [2.45, 2.75) is 71.1 Å². The van der Waals surface area contributed by atoms with Crippen molar-refractivity contribution in [1.29, 1.82) is 0 Å². The molecule has 8 heteroatoms. The fourth-order valence-electron chi connectivity index (χ4n) is 4.45. The highest BCUT2D eigenvalue weighted by atomic mass is 32.2. The Kier molecular flexibility index (Phi) is 7.20. The molecule has 4 rings (SSSR count). The molecule has 0 radical (unpaired) electrons. The van der Waals surface area contributed by atoms with E-state index >= 15 is 0 Å². The average molecular weight is 445 g/mol. The molecule has 1 aliphatic rings. The third kappa shape index (κ3) is 5.42. The minimum Gasteiger partial charge on any atom is -0.374 e. The SMILES string of the molecule is CCOCc1nc2cnc3ccccc3c2n1CCCCS(=O)(=O)NC1CCCCC1. The second-order valence-corrected chi connectivity index (χ2v) is 10.2. The van der Waals surface area contributed by atoms with Gasteiger partial charge in [-0.2, -0.15) is 0 Å². The molecule has 0 saturated heterocycles. The van der Waals surface area contributed by atoms with Gasteiger partial charge in [-0.25, -0.2) is 18.1 Å². The zero-order chi connectivity index (χ0) is 21.7. The topological polar surface area (TPSA) is 86.1 Å². The summed E-state index contributed by atoms with van der Waals surface area (Å²) in [5.74, 6) is 1.03. The molecule has 0 atom stereocenters. The first-order valence-electron chi connectivity index (χ1n) is 11.4. The number of benzene rings is 1. The summed E-state index contributed by atoms with van der Waals surface area (Å²) in [6.45, 7) is 3.72. The van der Waals surface area contributed by atoms with E-state index in [0.717, 1.165) is 59.9 Å². The van der Waals surface area contributed by atoms with Crippen molar-refractivity contribution in [2.75, 3.05) is 12.4 Å². The van der Waals surface area contributed by atoms with Gasteiger partial charge in [-0.1, -0.05) is 37.5 Å². The van der Waals surface area contributed by atoms with Crippen LogP contribution in [-0.4, -0.2) is 41.4 Å². The van der Waals surface area contributed by atoms with Crippen LogP contribution in [0.15, 0.2) is 30.5 Å². The molecule has 0 amide bonds. The summed E-state index contributed by atoms with van der Waals surface area (Å²) < 4.78 is 35.7. The molecule has 1 saturated carbocycles. The van der Waals surface area contributed by atoms with Crippen molar-refractivity contribution in [1.82, 2.24) is 19.3 Å². The molecule has 1 aromatic carbocycles. The molecule has 168 valence electrons. The number of unbranched alkanes of at least 4 members (excludes halogenated alkanes) is 1. The van der Waals surface area contributed by atoms with E-state index in [0.29, 0.717) is 26.2 Å². The average Bonchev–Trinajstić information content (AvgIpc) is 3.13. The van der Waals surface area contributed by atoms with E-state index in [9.17, 15) is 8.42 Å². The highest BCUT2D eigenvalue weighted by Gasteiger charge is 2.20. The van der Waals surface area contributed by atoms with E-state index in [1.54, 1.807) is 0 Å². The monoisotopic (exact) mass is 444 g/mol. The minimum atomic E-state index is -3.23. The third-order valence-corrected chi connectivity index (χ3v) is 7.51. The summed E-state index contributed by atoms with van der Waals surface area (Å²) in [4.78, 5) is 9.27. The molecule has 2 aromatic heterocycles. The number of hydrogen-bond acceptors (Lipinski definition) is 5. The van der Waals surface area contributed by atoms with Crippen molar-refractivity contribution >= 4 is 32.0 Å². The van der Waals surface area contributed by atoms with Gasteiger partial charge in [0.2, 0.25) is 10.0 Å². The van der Waals surface area contributed by atoms with Crippen LogP contribution in [-0.2, 0) is 27.9 Å². The van der Waals surface area contributed by atoms with Crippen LogP contribution in [0.25, 0.3) is 21.9 Å². The lowest BCUT2D eigenvalue weighted by Crippen LogP contribution is -2.37. The lowest BCUT2D eigenvalue weighted by molar-refractivity contribution is 0.126. The molecule has 1 fully saturated rings. The Balaban J connectivity index is 1.47. The van der Waals surface area contributed by atoms with E-state index in [4.69, 9.17) is 9.72 Å². The highest BCUT2D eigenvalue weighted by Crippen LogP contribution is 2.25. The molecule has 0 bridgehead atoms. The van der Waals surface area contributed by atoms with Gasteiger partial charge < -0.3 is 9.30 Å². The van der Waals surface area contributed by atoms with Crippen molar-refractivity contribution < 1.29 is 13.2 Å². The quantitative estimate of drug-likeness (QED) is 0.475. The minimum absolute atomic E-state index is 0.119. The zero-order valence-corrected chi connectivity index (χ0v) is 19.0. The lowest BCUT2D eigenvalue weighted by Gasteiger charge is -2.22. The predicted molar refractivity (Wildman–Crippen MR) is 123 cm³/mol. The first kappa shape index (κ1) is 22.2. The molecule has 31 heavy (non-hydrogen) atoms. The van der Waals surface area contributed by atoms with Gasteiger partial charge in [0.1, 0.15) is 17.9 Å². The Morgan fingerprint density at radius 1 is 1.13 bits per heavy atom. The highest BCUT2D eigenvalue weighted by molar-refractivity contribution is 7.89. The number of sulfonamides is 1. The van der Waals surface area contributed by atoms with Gasteiger partial charge >= 0.3 is 0 Å². The summed E-state index contributed by atoms with van der Waals surface area (Å²) in [7, 11) is -3.23. The summed E-state index contributed by atoms with van der Waals surface area (Å²) in [5.41, 5.74) is 2.82. The second-order valence-electron chi connectivity index (χ2n) is 8.30. The van der Waals surface area contributed by atoms with E-state index in [1.807, 2.05) is 31.3 Å². The molecule has 1 N–H and O–H groups in total. The van der Waals surface area contributed by atoms with E-state index < -0.39 is 10.0 Å². The Hall–Kier alpha value is -2.03. The number of imidazole rings is 1. The van der Waals surface area contributed by atoms with Crippen molar-refractivity contribution in [3.8, 4) is 0 Å². The number of pyridine rings is 1. The molecular weight excluding hydrogens is 412 g/mol. The van der Waals surface area contributed by atoms with Gasteiger partial charge in [0.05, 0.1) is 23.0 Å². The maximum absolute atomic E-state index is 12.5. The van der Waals surface area contributed by atoms with Crippen LogP contribution in [0.4, 0.5) is 0 Å². The van der Waals surface area contributed by atoms with Crippen LogP contribution < -0.4 is 4.72 Å². The summed E-state index contributed by atoms with van der Waals surface area (Å²) >= 11 is 0.